The fourth-order valence-electron chi connectivity index (χ4n) is 4.04. The van der Waals surface area contributed by atoms with Gasteiger partial charge in [-0.2, -0.15) is 11.8 Å². The molecule has 196 valence electrons. The lowest BCUT2D eigenvalue weighted by Gasteiger charge is -2.34. The third-order valence-electron chi connectivity index (χ3n) is 5.83. The number of amides is 2. The molecule has 0 aliphatic rings. The van der Waals surface area contributed by atoms with Crippen LogP contribution in [0.5, 0.6) is 5.75 Å². The minimum absolute atomic E-state index is 0.0339. The predicted octanol–water partition coefficient (Wildman–Crippen LogP) is 5.87. The zero-order valence-electron chi connectivity index (χ0n) is 22.3. The molecule has 0 saturated heterocycles. The molecule has 37 heavy (non-hydrogen) atoms. The summed E-state index contributed by atoms with van der Waals surface area (Å²) in [7, 11) is 1.63. The van der Waals surface area contributed by atoms with Crippen molar-refractivity contribution in [2.45, 2.75) is 57.5 Å². The van der Waals surface area contributed by atoms with E-state index in [1.165, 1.54) is 5.56 Å². The maximum Gasteiger partial charge on any atom is 0.243 e. The van der Waals surface area contributed by atoms with E-state index in [1.54, 1.807) is 23.8 Å². The summed E-state index contributed by atoms with van der Waals surface area (Å²) in [6.07, 6.45) is 0.797. The summed E-state index contributed by atoms with van der Waals surface area (Å²) in [5, 5.41) is 3.11. The SMILES string of the molecule is COc1cccc(CN(C(=O)CCSCc2ccccc2)[C@@H](Cc2ccccc2)C(=O)NC(C)(C)C)c1. The number of ether oxygens (including phenoxy) is 1. The fraction of sp³-hybridized carbons (Fsp3) is 0.355. The number of carbonyl (C=O) groups is 2. The molecule has 0 saturated carbocycles. The van der Waals surface area contributed by atoms with E-state index in [0.717, 1.165) is 22.6 Å². The smallest absolute Gasteiger partial charge is 0.243 e. The van der Waals surface area contributed by atoms with Gasteiger partial charge in [-0.15, -0.1) is 0 Å². The van der Waals surface area contributed by atoms with Gasteiger partial charge in [-0.05, 0) is 49.6 Å². The van der Waals surface area contributed by atoms with E-state index < -0.39 is 11.6 Å². The molecular weight excluding hydrogens is 480 g/mol. The molecule has 0 bridgehead atoms. The van der Waals surface area contributed by atoms with Gasteiger partial charge in [0.05, 0.1) is 7.11 Å². The van der Waals surface area contributed by atoms with Crippen LogP contribution in [0, 0.1) is 0 Å². The molecule has 1 N–H and O–H groups in total. The Bertz CT molecular complexity index is 1130. The van der Waals surface area contributed by atoms with E-state index in [9.17, 15) is 9.59 Å². The molecule has 0 spiro atoms. The summed E-state index contributed by atoms with van der Waals surface area (Å²) in [5.41, 5.74) is 2.76. The molecule has 0 aliphatic heterocycles. The lowest BCUT2D eigenvalue weighted by Crippen LogP contribution is -2.54. The maximum atomic E-state index is 13.7. The second-order valence-corrected chi connectivity index (χ2v) is 11.2. The molecule has 0 fully saturated rings. The van der Waals surface area contributed by atoms with Crippen LogP contribution in [0.4, 0.5) is 0 Å². The Morgan fingerprint density at radius 2 is 1.51 bits per heavy atom. The number of methoxy groups -OCH3 is 1. The van der Waals surface area contributed by atoms with Crippen molar-refractivity contribution in [1.82, 2.24) is 10.2 Å². The topological polar surface area (TPSA) is 58.6 Å². The van der Waals surface area contributed by atoms with E-state index in [1.807, 2.05) is 93.6 Å². The summed E-state index contributed by atoms with van der Waals surface area (Å²) < 4.78 is 5.40. The quantitative estimate of drug-likeness (QED) is 0.305. The second-order valence-electron chi connectivity index (χ2n) is 10.1. The number of hydrogen-bond acceptors (Lipinski definition) is 4. The Morgan fingerprint density at radius 1 is 0.892 bits per heavy atom. The van der Waals surface area contributed by atoms with Crippen molar-refractivity contribution < 1.29 is 14.3 Å². The van der Waals surface area contributed by atoms with Crippen LogP contribution in [0.2, 0.25) is 0 Å². The highest BCUT2D eigenvalue weighted by Gasteiger charge is 2.32. The van der Waals surface area contributed by atoms with Crippen LogP contribution in [0.3, 0.4) is 0 Å². The third-order valence-corrected chi connectivity index (χ3v) is 6.86. The van der Waals surface area contributed by atoms with Gasteiger partial charge in [0.15, 0.2) is 0 Å². The Balaban J connectivity index is 1.84. The number of hydrogen-bond donors (Lipinski definition) is 1. The minimum Gasteiger partial charge on any atom is -0.497 e. The van der Waals surface area contributed by atoms with E-state index in [0.29, 0.717) is 25.1 Å². The van der Waals surface area contributed by atoms with Crippen LogP contribution in [0.1, 0.15) is 43.9 Å². The molecule has 3 rings (SSSR count). The first-order valence-electron chi connectivity index (χ1n) is 12.6. The number of nitrogens with zero attached hydrogens (tertiary/aromatic N) is 1. The Kier molecular flexibility index (Phi) is 10.6. The molecule has 0 aromatic heterocycles. The lowest BCUT2D eigenvalue weighted by atomic mass is 10.0. The van der Waals surface area contributed by atoms with Gasteiger partial charge in [0.1, 0.15) is 11.8 Å². The maximum absolute atomic E-state index is 13.7. The third kappa shape index (κ3) is 9.62. The number of carbonyl (C=O) groups excluding carboxylic acids is 2. The van der Waals surface area contributed by atoms with Crippen LogP contribution < -0.4 is 10.1 Å². The Hall–Kier alpha value is -3.25. The summed E-state index contributed by atoms with van der Waals surface area (Å²) in [5.74, 6) is 2.07. The predicted molar refractivity (Wildman–Crippen MR) is 153 cm³/mol. The molecule has 6 heteroatoms. The molecule has 0 radical (unpaired) electrons. The summed E-state index contributed by atoms with van der Waals surface area (Å²) >= 11 is 1.73. The molecule has 1 atom stereocenters. The minimum atomic E-state index is -0.639. The van der Waals surface area contributed by atoms with Crippen LogP contribution in [-0.4, -0.2) is 41.2 Å². The number of rotatable bonds is 12. The first kappa shape index (κ1) is 28.3. The summed E-state index contributed by atoms with van der Waals surface area (Å²) in [6, 6.07) is 27.2. The van der Waals surface area contributed by atoms with Crippen molar-refractivity contribution in [2.24, 2.45) is 0 Å². The molecule has 0 heterocycles. The molecule has 2 amide bonds. The van der Waals surface area contributed by atoms with Gasteiger partial charge in [-0.1, -0.05) is 72.8 Å². The zero-order chi connectivity index (χ0) is 26.7. The van der Waals surface area contributed by atoms with Gasteiger partial charge in [-0.3, -0.25) is 9.59 Å². The van der Waals surface area contributed by atoms with E-state index in [4.69, 9.17) is 4.74 Å². The molecule has 5 nitrogen and oxygen atoms in total. The van der Waals surface area contributed by atoms with Gasteiger partial charge in [0.25, 0.3) is 0 Å². The van der Waals surface area contributed by atoms with Gasteiger partial charge >= 0.3 is 0 Å². The largest absolute Gasteiger partial charge is 0.497 e. The van der Waals surface area contributed by atoms with Crippen LogP contribution in [0.15, 0.2) is 84.9 Å². The van der Waals surface area contributed by atoms with Gasteiger partial charge < -0.3 is 15.0 Å². The van der Waals surface area contributed by atoms with Crippen molar-refractivity contribution in [2.75, 3.05) is 12.9 Å². The highest BCUT2D eigenvalue weighted by atomic mass is 32.2. The highest BCUT2D eigenvalue weighted by Crippen LogP contribution is 2.21. The van der Waals surface area contributed by atoms with E-state index in [-0.39, 0.29) is 11.8 Å². The number of benzene rings is 3. The standard InChI is InChI=1S/C31H38N2O3S/c1-31(2,3)32-30(35)28(21-24-12-7-5-8-13-24)33(22-26-16-11-17-27(20-26)36-4)29(34)18-19-37-23-25-14-9-6-10-15-25/h5-17,20,28H,18-19,21-23H2,1-4H3,(H,32,35)/t28-/m0/s1. The average molecular weight is 519 g/mol. The fourth-order valence-corrected chi connectivity index (χ4v) is 4.93. The van der Waals surface area contributed by atoms with E-state index >= 15 is 0 Å². The van der Waals surface area contributed by atoms with Gasteiger partial charge in [0.2, 0.25) is 11.8 Å². The van der Waals surface area contributed by atoms with Crippen molar-refractivity contribution in [3.05, 3.63) is 102 Å². The van der Waals surface area contributed by atoms with E-state index in [2.05, 4.69) is 17.4 Å². The first-order chi connectivity index (χ1) is 17.7. The molecule has 3 aromatic carbocycles. The Morgan fingerprint density at radius 3 is 2.14 bits per heavy atom. The average Bonchev–Trinajstić information content (AvgIpc) is 2.89. The normalized spacial score (nSPS) is 12.0. The van der Waals surface area contributed by atoms with Gasteiger partial charge in [-0.25, -0.2) is 0 Å². The lowest BCUT2D eigenvalue weighted by molar-refractivity contribution is -0.141. The molecular formula is C31H38N2O3S. The second kappa shape index (κ2) is 13.9. The summed E-state index contributed by atoms with van der Waals surface area (Å²) in [4.78, 5) is 29.1. The van der Waals surface area contributed by atoms with Crippen molar-refractivity contribution in [3.8, 4) is 5.75 Å². The first-order valence-corrected chi connectivity index (χ1v) is 13.8. The van der Waals surface area contributed by atoms with Crippen LogP contribution >= 0.6 is 11.8 Å². The number of nitrogens with one attached hydrogen (secondary N) is 1. The Labute approximate surface area is 225 Å². The summed E-state index contributed by atoms with van der Waals surface area (Å²) in [6.45, 7) is 6.20. The molecule has 3 aromatic rings. The van der Waals surface area contributed by atoms with Crippen LogP contribution in [0.25, 0.3) is 0 Å². The van der Waals surface area contributed by atoms with Crippen LogP contribution in [-0.2, 0) is 28.3 Å². The molecule has 0 unspecified atom stereocenters. The van der Waals surface area contributed by atoms with Crippen molar-refractivity contribution >= 4 is 23.6 Å². The monoisotopic (exact) mass is 518 g/mol. The van der Waals surface area contributed by atoms with Gasteiger partial charge in [0, 0.05) is 36.4 Å². The zero-order valence-corrected chi connectivity index (χ0v) is 23.1. The number of thioether (sulfide) groups is 1. The molecule has 0 aliphatic carbocycles. The highest BCUT2D eigenvalue weighted by molar-refractivity contribution is 7.98. The van der Waals surface area contributed by atoms with Crippen molar-refractivity contribution in [3.63, 3.8) is 0 Å². The van der Waals surface area contributed by atoms with Crippen molar-refractivity contribution in [1.29, 1.82) is 0 Å².